The van der Waals surface area contributed by atoms with Crippen molar-refractivity contribution in [2.45, 2.75) is 6.92 Å². The number of carboxylic acids is 1. The van der Waals surface area contributed by atoms with Crippen molar-refractivity contribution in [2.75, 3.05) is 5.73 Å². The number of nitrogen functional groups attached to an aromatic ring is 1. The van der Waals surface area contributed by atoms with Gasteiger partial charge in [0.05, 0.1) is 5.56 Å². The normalized spacial score (nSPS) is 10.2. The van der Waals surface area contributed by atoms with Crippen LogP contribution >= 0.6 is 0 Å². The third-order valence-corrected chi connectivity index (χ3v) is 2.66. The lowest BCUT2D eigenvalue weighted by molar-refractivity contribution is 0.0697. The molecule has 0 aliphatic rings. The van der Waals surface area contributed by atoms with Crippen LogP contribution in [-0.4, -0.2) is 11.1 Å². The number of hydrogen-bond donors (Lipinski definition) is 2. The van der Waals surface area contributed by atoms with E-state index < -0.39 is 5.97 Å². The van der Waals surface area contributed by atoms with E-state index >= 15 is 0 Å². The van der Waals surface area contributed by atoms with Gasteiger partial charge in [-0.2, -0.15) is 0 Å². The van der Waals surface area contributed by atoms with Crippen LogP contribution in [0.2, 0.25) is 0 Å². The Kier molecular flexibility index (Phi) is 2.83. The van der Waals surface area contributed by atoms with Crippen molar-refractivity contribution >= 4 is 11.7 Å². The minimum Gasteiger partial charge on any atom is -0.478 e. The number of hydrogen-bond acceptors (Lipinski definition) is 2. The lowest BCUT2D eigenvalue weighted by Gasteiger charge is -2.07. The zero-order valence-corrected chi connectivity index (χ0v) is 9.47. The average Bonchev–Trinajstić information content (AvgIpc) is 2.31. The Balaban J connectivity index is 2.54. The number of carboxylic acid groups (broad SMARTS) is 1. The molecule has 0 aliphatic heterocycles. The maximum atomic E-state index is 10.9. The van der Waals surface area contributed by atoms with E-state index in [2.05, 4.69) is 0 Å². The van der Waals surface area contributed by atoms with Gasteiger partial charge in [-0.3, -0.25) is 0 Å². The van der Waals surface area contributed by atoms with Crippen molar-refractivity contribution in [3.05, 3.63) is 53.6 Å². The minimum absolute atomic E-state index is 0.245. The molecule has 0 bridgehead atoms. The van der Waals surface area contributed by atoms with Crippen LogP contribution in [0.1, 0.15) is 15.9 Å². The fourth-order valence-electron chi connectivity index (χ4n) is 1.67. The first-order valence-corrected chi connectivity index (χ1v) is 5.28. The van der Waals surface area contributed by atoms with E-state index in [0.29, 0.717) is 5.69 Å². The molecule has 0 aromatic heterocycles. The number of aromatic carboxylic acids is 1. The van der Waals surface area contributed by atoms with Gasteiger partial charge in [0, 0.05) is 11.3 Å². The average molecular weight is 227 g/mol. The first-order valence-electron chi connectivity index (χ1n) is 5.28. The summed E-state index contributed by atoms with van der Waals surface area (Å²) in [5, 5.41) is 8.95. The van der Waals surface area contributed by atoms with Gasteiger partial charge in [-0.1, -0.05) is 29.8 Å². The van der Waals surface area contributed by atoms with Crippen LogP contribution in [0.3, 0.4) is 0 Å². The Labute approximate surface area is 99.5 Å². The SMILES string of the molecule is Cc1ccc(-c2cc(C(=O)O)ccc2N)cc1. The highest BCUT2D eigenvalue weighted by Crippen LogP contribution is 2.27. The summed E-state index contributed by atoms with van der Waals surface area (Å²) < 4.78 is 0. The van der Waals surface area contributed by atoms with Crippen LogP contribution < -0.4 is 5.73 Å². The van der Waals surface area contributed by atoms with Crippen LogP contribution in [-0.2, 0) is 0 Å². The van der Waals surface area contributed by atoms with Gasteiger partial charge in [0.25, 0.3) is 0 Å². The summed E-state index contributed by atoms with van der Waals surface area (Å²) in [5.41, 5.74) is 9.53. The Morgan fingerprint density at radius 2 is 1.76 bits per heavy atom. The van der Waals surface area contributed by atoms with Crippen molar-refractivity contribution in [3.63, 3.8) is 0 Å². The second-order valence-corrected chi connectivity index (χ2v) is 3.97. The molecule has 3 N–H and O–H groups in total. The second kappa shape index (κ2) is 4.29. The topological polar surface area (TPSA) is 63.3 Å². The number of rotatable bonds is 2. The summed E-state index contributed by atoms with van der Waals surface area (Å²) in [6.45, 7) is 2.00. The fraction of sp³-hybridized carbons (Fsp3) is 0.0714. The molecule has 0 atom stereocenters. The number of anilines is 1. The van der Waals surface area contributed by atoms with Crippen molar-refractivity contribution < 1.29 is 9.90 Å². The lowest BCUT2D eigenvalue weighted by Crippen LogP contribution is -1.98. The van der Waals surface area contributed by atoms with E-state index in [-0.39, 0.29) is 5.56 Å². The molecule has 0 heterocycles. The molecule has 0 aliphatic carbocycles. The molecule has 0 unspecified atom stereocenters. The third-order valence-electron chi connectivity index (χ3n) is 2.66. The summed E-state index contributed by atoms with van der Waals surface area (Å²) in [7, 11) is 0. The van der Waals surface area contributed by atoms with Gasteiger partial charge in [0.15, 0.2) is 0 Å². The molecule has 2 aromatic carbocycles. The van der Waals surface area contributed by atoms with E-state index in [4.69, 9.17) is 10.8 Å². The number of benzene rings is 2. The summed E-state index contributed by atoms with van der Waals surface area (Å²) in [4.78, 5) is 10.9. The van der Waals surface area contributed by atoms with Gasteiger partial charge in [-0.25, -0.2) is 4.79 Å². The molecule has 0 fully saturated rings. The fourth-order valence-corrected chi connectivity index (χ4v) is 1.67. The van der Waals surface area contributed by atoms with Crippen molar-refractivity contribution in [1.29, 1.82) is 0 Å². The van der Waals surface area contributed by atoms with Gasteiger partial charge in [-0.15, -0.1) is 0 Å². The van der Waals surface area contributed by atoms with Crippen LogP contribution in [0.15, 0.2) is 42.5 Å². The molecule has 2 aromatic rings. The van der Waals surface area contributed by atoms with Gasteiger partial charge in [-0.05, 0) is 30.7 Å². The van der Waals surface area contributed by atoms with Crippen molar-refractivity contribution in [3.8, 4) is 11.1 Å². The monoisotopic (exact) mass is 227 g/mol. The largest absolute Gasteiger partial charge is 0.478 e. The highest BCUT2D eigenvalue weighted by atomic mass is 16.4. The van der Waals surface area contributed by atoms with E-state index in [0.717, 1.165) is 16.7 Å². The predicted molar refractivity (Wildman–Crippen MR) is 68.0 cm³/mol. The zero-order valence-electron chi connectivity index (χ0n) is 9.47. The summed E-state index contributed by atoms with van der Waals surface area (Å²) in [5.74, 6) is -0.946. The summed E-state index contributed by atoms with van der Waals surface area (Å²) in [6.07, 6.45) is 0. The smallest absolute Gasteiger partial charge is 0.335 e. The maximum absolute atomic E-state index is 10.9. The standard InChI is InChI=1S/C14H13NO2/c1-9-2-4-10(5-3-9)12-8-11(14(16)17)6-7-13(12)15/h2-8H,15H2,1H3,(H,16,17). The molecule has 3 nitrogen and oxygen atoms in total. The lowest BCUT2D eigenvalue weighted by atomic mass is 10.0. The zero-order chi connectivity index (χ0) is 12.4. The van der Waals surface area contributed by atoms with Gasteiger partial charge in [0.2, 0.25) is 0 Å². The molecule has 0 saturated heterocycles. The van der Waals surface area contributed by atoms with Gasteiger partial charge < -0.3 is 10.8 Å². The molecular weight excluding hydrogens is 214 g/mol. The van der Waals surface area contributed by atoms with E-state index in [1.807, 2.05) is 31.2 Å². The van der Waals surface area contributed by atoms with Crippen LogP contribution in [0.4, 0.5) is 5.69 Å². The van der Waals surface area contributed by atoms with Crippen LogP contribution in [0.25, 0.3) is 11.1 Å². The van der Waals surface area contributed by atoms with E-state index in [1.54, 1.807) is 12.1 Å². The van der Waals surface area contributed by atoms with Gasteiger partial charge in [0.1, 0.15) is 0 Å². The van der Waals surface area contributed by atoms with E-state index in [1.165, 1.54) is 6.07 Å². The second-order valence-electron chi connectivity index (χ2n) is 3.97. The minimum atomic E-state index is -0.946. The molecule has 3 heteroatoms. The first-order chi connectivity index (χ1) is 8.08. The van der Waals surface area contributed by atoms with E-state index in [9.17, 15) is 4.79 Å². The summed E-state index contributed by atoms with van der Waals surface area (Å²) >= 11 is 0. The highest BCUT2D eigenvalue weighted by Gasteiger charge is 2.08. The molecular formula is C14H13NO2. The Bertz CT molecular complexity index is 559. The maximum Gasteiger partial charge on any atom is 0.335 e. The molecule has 0 spiro atoms. The highest BCUT2D eigenvalue weighted by molar-refractivity contribution is 5.91. The van der Waals surface area contributed by atoms with Crippen molar-refractivity contribution in [1.82, 2.24) is 0 Å². The van der Waals surface area contributed by atoms with Crippen LogP contribution in [0.5, 0.6) is 0 Å². The van der Waals surface area contributed by atoms with Gasteiger partial charge >= 0.3 is 5.97 Å². The molecule has 0 saturated carbocycles. The number of carbonyl (C=O) groups is 1. The molecule has 17 heavy (non-hydrogen) atoms. The van der Waals surface area contributed by atoms with Crippen molar-refractivity contribution in [2.24, 2.45) is 0 Å². The first kappa shape index (κ1) is 11.2. The number of aryl methyl sites for hydroxylation is 1. The number of nitrogens with two attached hydrogens (primary N) is 1. The quantitative estimate of drug-likeness (QED) is 0.775. The predicted octanol–water partition coefficient (Wildman–Crippen LogP) is 2.94. The summed E-state index contributed by atoms with van der Waals surface area (Å²) in [6, 6.07) is 12.6. The van der Waals surface area contributed by atoms with Crippen LogP contribution in [0, 0.1) is 6.92 Å². The third kappa shape index (κ3) is 2.28. The molecule has 0 amide bonds. The molecule has 2 rings (SSSR count). The molecule has 86 valence electrons. The molecule has 0 radical (unpaired) electrons. The Morgan fingerprint density at radius 3 is 2.35 bits per heavy atom. The Morgan fingerprint density at radius 1 is 1.12 bits per heavy atom. The Hall–Kier alpha value is -2.29.